The van der Waals surface area contributed by atoms with Gasteiger partial charge < -0.3 is 11.1 Å². The molecule has 0 aliphatic heterocycles. The molecular weight excluding hydrogens is 220 g/mol. The molecule has 2 rings (SSSR count). The lowest BCUT2D eigenvalue weighted by Gasteiger charge is -2.32. The van der Waals surface area contributed by atoms with Crippen LogP contribution in [0.2, 0.25) is 0 Å². The predicted octanol–water partition coefficient (Wildman–Crippen LogP) is 1.38. The number of thioether (sulfide) groups is 1. The van der Waals surface area contributed by atoms with Crippen LogP contribution in [0.25, 0.3) is 0 Å². The molecule has 0 radical (unpaired) electrons. The van der Waals surface area contributed by atoms with Crippen LogP contribution >= 0.6 is 11.8 Å². The van der Waals surface area contributed by atoms with Gasteiger partial charge in [-0.05, 0) is 25.0 Å². The Morgan fingerprint density at radius 2 is 2.06 bits per heavy atom. The van der Waals surface area contributed by atoms with Crippen LogP contribution in [-0.4, -0.2) is 23.7 Å². The second-order valence-electron chi connectivity index (χ2n) is 4.10. The maximum Gasteiger partial charge on any atom is 0.230 e. The van der Waals surface area contributed by atoms with E-state index in [1.807, 2.05) is 30.3 Å². The van der Waals surface area contributed by atoms with Gasteiger partial charge in [-0.25, -0.2) is 0 Å². The van der Waals surface area contributed by atoms with Crippen molar-refractivity contribution in [3.05, 3.63) is 30.3 Å². The first kappa shape index (κ1) is 11.5. The van der Waals surface area contributed by atoms with Crippen LogP contribution in [-0.2, 0) is 4.79 Å². The van der Waals surface area contributed by atoms with Crippen molar-refractivity contribution in [1.29, 1.82) is 0 Å². The van der Waals surface area contributed by atoms with E-state index in [9.17, 15) is 4.79 Å². The van der Waals surface area contributed by atoms with Crippen molar-refractivity contribution in [2.45, 2.75) is 29.8 Å². The van der Waals surface area contributed by atoms with Gasteiger partial charge in [0.15, 0.2) is 0 Å². The second kappa shape index (κ2) is 5.37. The van der Waals surface area contributed by atoms with Gasteiger partial charge >= 0.3 is 0 Å². The maximum absolute atomic E-state index is 11.6. The summed E-state index contributed by atoms with van der Waals surface area (Å²) in [6.45, 7) is 0. The summed E-state index contributed by atoms with van der Waals surface area (Å²) >= 11 is 1.56. The number of hydrogen-bond donors (Lipinski definition) is 2. The van der Waals surface area contributed by atoms with Crippen LogP contribution in [0, 0.1) is 0 Å². The highest BCUT2D eigenvalue weighted by Gasteiger charge is 2.26. The van der Waals surface area contributed by atoms with E-state index in [1.165, 1.54) is 0 Å². The summed E-state index contributed by atoms with van der Waals surface area (Å²) < 4.78 is 0. The Morgan fingerprint density at radius 1 is 1.38 bits per heavy atom. The van der Waals surface area contributed by atoms with Crippen LogP contribution in [0.3, 0.4) is 0 Å². The minimum absolute atomic E-state index is 0.103. The highest BCUT2D eigenvalue weighted by atomic mass is 32.2. The number of nitrogens with two attached hydrogens (primary N) is 1. The van der Waals surface area contributed by atoms with Crippen molar-refractivity contribution in [3.8, 4) is 0 Å². The van der Waals surface area contributed by atoms with Gasteiger partial charge in [0.05, 0.1) is 5.75 Å². The molecule has 1 amide bonds. The Hall–Kier alpha value is -1.00. The third kappa shape index (κ3) is 3.25. The molecule has 3 nitrogen and oxygen atoms in total. The molecule has 4 heteroatoms. The van der Waals surface area contributed by atoms with E-state index in [-0.39, 0.29) is 11.9 Å². The summed E-state index contributed by atoms with van der Waals surface area (Å²) in [5, 5.41) is 2.98. The van der Waals surface area contributed by atoms with E-state index < -0.39 is 0 Å². The fraction of sp³-hybridized carbons (Fsp3) is 0.417. The summed E-state index contributed by atoms with van der Waals surface area (Å²) in [4.78, 5) is 12.7. The molecule has 1 fully saturated rings. The quantitative estimate of drug-likeness (QED) is 0.777. The fourth-order valence-corrected chi connectivity index (χ4v) is 2.45. The lowest BCUT2D eigenvalue weighted by molar-refractivity contribution is -0.119. The smallest absolute Gasteiger partial charge is 0.230 e. The first-order valence-electron chi connectivity index (χ1n) is 5.47. The van der Waals surface area contributed by atoms with Gasteiger partial charge in [0.1, 0.15) is 0 Å². The number of nitrogens with one attached hydrogen (secondary N) is 1. The monoisotopic (exact) mass is 236 g/mol. The third-order valence-corrected chi connectivity index (χ3v) is 3.66. The van der Waals surface area contributed by atoms with Gasteiger partial charge in [-0.2, -0.15) is 0 Å². The molecule has 1 aliphatic rings. The number of hydrogen-bond acceptors (Lipinski definition) is 3. The van der Waals surface area contributed by atoms with Gasteiger partial charge in [0, 0.05) is 17.0 Å². The summed E-state index contributed by atoms with van der Waals surface area (Å²) in [5.41, 5.74) is 5.65. The van der Waals surface area contributed by atoms with Crippen molar-refractivity contribution in [2.24, 2.45) is 5.73 Å². The molecule has 86 valence electrons. The van der Waals surface area contributed by atoms with Crippen LogP contribution in [0.1, 0.15) is 12.8 Å². The van der Waals surface area contributed by atoms with Crippen molar-refractivity contribution in [2.75, 3.05) is 5.75 Å². The van der Waals surface area contributed by atoms with E-state index in [0.29, 0.717) is 11.8 Å². The average Bonchev–Trinajstić information content (AvgIpc) is 2.26. The molecule has 0 spiro atoms. The molecule has 1 aromatic carbocycles. The standard InChI is InChI=1S/C12H16N2OS/c13-9-6-10(7-9)14-12(15)8-16-11-4-2-1-3-5-11/h1-5,9-10H,6-8,13H2,(H,14,15). The van der Waals surface area contributed by atoms with Gasteiger partial charge in [0.2, 0.25) is 5.91 Å². The van der Waals surface area contributed by atoms with Crippen LogP contribution in [0.15, 0.2) is 35.2 Å². The van der Waals surface area contributed by atoms with E-state index >= 15 is 0 Å². The molecule has 0 aromatic heterocycles. The molecule has 1 aliphatic carbocycles. The lowest BCUT2D eigenvalue weighted by atomic mass is 9.88. The van der Waals surface area contributed by atoms with Crippen molar-refractivity contribution in [1.82, 2.24) is 5.32 Å². The minimum atomic E-state index is 0.103. The topological polar surface area (TPSA) is 55.1 Å². The normalized spacial score (nSPS) is 23.6. The molecule has 0 saturated heterocycles. The molecule has 1 saturated carbocycles. The summed E-state index contributed by atoms with van der Waals surface area (Å²) in [7, 11) is 0. The maximum atomic E-state index is 11.6. The van der Waals surface area contributed by atoms with E-state index in [2.05, 4.69) is 5.32 Å². The zero-order valence-electron chi connectivity index (χ0n) is 9.06. The second-order valence-corrected chi connectivity index (χ2v) is 5.15. The minimum Gasteiger partial charge on any atom is -0.353 e. The van der Waals surface area contributed by atoms with Gasteiger partial charge in [-0.15, -0.1) is 11.8 Å². The molecule has 3 N–H and O–H groups in total. The molecule has 0 heterocycles. The van der Waals surface area contributed by atoms with Gasteiger partial charge in [-0.1, -0.05) is 18.2 Å². The molecular formula is C12H16N2OS. The highest BCUT2D eigenvalue weighted by Crippen LogP contribution is 2.19. The Kier molecular flexibility index (Phi) is 3.85. The SMILES string of the molecule is NC1CC(NC(=O)CSc2ccccc2)C1. The molecule has 0 unspecified atom stereocenters. The van der Waals surface area contributed by atoms with Gasteiger partial charge in [0.25, 0.3) is 0 Å². The Morgan fingerprint density at radius 3 is 2.69 bits per heavy atom. The molecule has 16 heavy (non-hydrogen) atoms. The van der Waals surface area contributed by atoms with Crippen molar-refractivity contribution < 1.29 is 4.79 Å². The summed E-state index contributed by atoms with van der Waals surface area (Å²) in [5.74, 6) is 0.584. The number of carbonyl (C=O) groups is 1. The average molecular weight is 236 g/mol. The molecule has 0 atom stereocenters. The Balaban J connectivity index is 1.68. The fourth-order valence-electron chi connectivity index (χ4n) is 1.71. The zero-order chi connectivity index (χ0) is 11.4. The van der Waals surface area contributed by atoms with Gasteiger partial charge in [-0.3, -0.25) is 4.79 Å². The number of rotatable bonds is 4. The highest BCUT2D eigenvalue weighted by molar-refractivity contribution is 8.00. The number of amides is 1. The van der Waals surface area contributed by atoms with Crippen LogP contribution < -0.4 is 11.1 Å². The largest absolute Gasteiger partial charge is 0.353 e. The van der Waals surface area contributed by atoms with Crippen LogP contribution in [0.5, 0.6) is 0 Å². The number of benzene rings is 1. The van der Waals surface area contributed by atoms with E-state index in [4.69, 9.17) is 5.73 Å². The summed E-state index contributed by atoms with van der Waals surface area (Å²) in [6.07, 6.45) is 1.84. The molecule has 1 aromatic rings. The first-order chi connectivity index (χ1) is 7.74. The van der Waals surface area contributed by atoms with E-state index in [1.54, 1.807) is 11.8 Å². The third-order valence-electron chi connectivity index (χ3n) is 2.65. The molecule has 0 bridgehead atoms. The Bertz CT molecular complexity index is 349. The van der Waals surface area contributed by atoms with E-state index in [0.717, 1.165) is 17.7 Å². The Labute approximate surface area is 99.8 Å². The van der Waals surface area contributed by atoms with Crippen LogP contribution in [0.4, 0.5) is 0 Å². The van der Waals surface area contributed by atoms with Crippen molar-refractivity contribution in [3.63, 3.8) is 0 Å². The number of carbonyl (C=O) groups excluding carboxylic acids is 1. The van der Waals surface area contributed by atoms with Crippen molar-refractivity contribution >= 4 is 17.7 Å². The first-order valence-corrected chi connectivity index (χ1v) is 6.45. The predicted molar refractivity (Wildman–Crippen MR) is 66.3 cm³/mol. The zero-order valence-corrected chi connectivity index (χ0v) is 9.87. The lowest BCUT2D eigenvalue weighted by Crippen LogP contribution is -2.50. The summed E-state index contributed by atoms with van der Waals surface area (Å²) in [6, 6.07) is 10.5.